The first-order valence-corrected chi connectivity index (χ1v) is 10.5. The van der Waals surface area contributed by atoms with Crippen molar-refractivity contribution < 1.29 is 4.74 Å². The van der Waals surface area contributed by atoms with Crippen LogP contribution in [0.15, 0.2) is 42.5 Å². The summed E-state index contributed by atoms with van der Waals surface area (Å²) in [5, 5.41) is 13.9. The van der Waals surface area contributed by atoms with E-state index in [-0.39, 0.29) is 0 Å². The van der Waals surface area contributed by atoms with Crippen LogP contribution in [-0.4, -0.2) is 39.4 Å². The maximum atomic E-state index is 5.45. The van der Waals surface area contributed by atoms with Gasteiger partial charge in [-0.2, -0.15) is 5.10 Å². The standard InChI is InChI=1S/C21H24N6O.C2H6/c1-15-13-21(27-26-15)25-20-14-19(22-17-9-11-28-12-10-17)23-18(24-20)8-7-16-5-3-2-4-6-16;1-2/h2-8,13-14,17H,9-12H2,1H3,(H3,22,23,24,25,26,27);1-2H3/b8-7+;. The summed E-state index contributed by atoms with van der Waals surface area (Å²) in [6.45, 7) is 7.52. The molecular weight excluding hydrogens is 376 g/mol. The molecule has 0 radical (unpaired) electrons. The third-order valence-corrected chi connectivity index (χ3v) is 4.50. The zero-order valence-corrected chi connectivity index (χ0v) is 17.9. The van der Waals surface area contributed by atoms with Crippen molar-refractivity contribution in [3.8, 4) is 0 Å². The van der Waals surface area contributed by atoms with Crippen molar-refractivity contribution in [2.24, 2.45) is 0 Å². The van der Waals surface area contributed by atoms with E-state index >= 15 is 0 Å². The van der Waals surface area contributed by atoms with E-state index in [1.165, 1.54) is 0 Å². The van der Waals surface area contributed by atoms with Gasteiger partial charge in [-0.1, -0.05) is 50.3 Å². The number of aromatic amines is 1. The Morgan fingerprint density at radius 3 is 2.40 bits per heavy atom. The molecule has 7 nitrogen and oxygen atoms in total. The summed E-state index contributed by atoms with van der Waals surface area (Å²) in [7, 11) is 0. The Morgan fingerprint density at radius 2 is 1.70 bits per heavy atom. The van der Waals surface area contributed by atoms with Gasteiger partial charge in [0.25, 0.3) is 0 Å². The number of benzene rings is 1. The molecule has 0 unspecified atom stereocenters. The van der Waals surface area contributed by atoms with Crippen LogP contribution in [0.2, 0.25) is 0 Å². The Bertz CT molecular complexity index is 932. The first-order valence-electron chi connectivity index (χ1n) is 10.5. The lowest BCUT2D eigenvalue weighted by Gasteiger charge is -2.23. The number of anilines is 3. The summed E-state index contributed by atoms with van der Waals surface area (Å²) in [5.74, 6) is 2.86. The average molecular weight is 407 g/mol. The third-order valence-electron chi connectivity index (χ3n) is 4.50. The second kappa shape index (κ2) is 11.1. The van der Waals surface area contributed by atoms with Crippen LogP contribution in [-0.2, 0) is 4.74 Å². The molecule has 3 N–H and O–H groups in total. The molecule has 30 heavy (non-hydrogen) atoms. The number of rotatable bonds is 6. The van der Waals surface area contributed by atoms with Gasteiger partial charge in [-0.15, -0.1) is 0 Å². The van der Waals surface area contributed by atoms with Crippen LogP contribution in [0.1, 0.15) is 43.8 Å². The van der Waals surface area contributed by atoms with E-state index in [1.54, 1.807) is 0 Å². The SMILES string of the molecule is CC.Cc1cc(Nc2cc(NC3CCOCC3)nc(/C=C/c3ccccc3)n2)n[nH]1. The molecular formula is C23H30N6O. The summed E-state index contributed by atoms with van der Waals surface area (Å²) in [6.07, 6.45) is 5.88. The number of hydrogen-bond donors (Lipinski definition) is 3. The molecule has 1 aliphatic heterocycles. The van der Waals surface area contributed by atoms with Gasteiger partial charge in [0.15, 0.2) is 11.6 Å². The minimum atomic E-state index is 0.357. The normalized spacial score (nSPS) is 14.2. The van der Waals surface area contributed by atoms with Gasteiger partial charge in [0.1, 0.15) is 11.6 Å². The summed E-state index contributed by atoms with van der Waals surface area (Å²) in [6, 6.07) is 14.3. The van der Waals surface area contributed by atoms with Crippen LogP contribution in [0.5, 0.6) is 0 Å². The number of hydrogen-bond acceptors (Lipinski definition) is 6. The van der Waals surface area contributed by atoms with E-state index in [0.29, 0.717) is 17.7 Å². The molecule has 7 heteroatoms. The highest BCUT2D eigenvalue weighted by Gasteiger charge is 2.15. The predicted molar refractivity (Wildman–Crippen MR) is 123 cm³/mol. The molecule has 3 heterocycles. The molecule has 0 amide bonds. The molecule has 1 saturated heterocycles. The maximum Gasteiger partial charge on any atom is 0.156 e. The monoisotopic (exact) mass is 406 g/mol. The summed E-state index contributed by atoms with van der Waals surface area (Å²) >= 11 is 0. The highest BCUT2D eigenvalue weighted by molar-refractivity contribution is 5.68. The fourth-order valence-corrected chi connectivity index (χ4v) is 3.08. The number of nitrogens with zero attached hydrogens (tertiary/aromatic N) is 3. The lowest BCUT2D eigenvalue weighted by molar-refractivity contribution is 0.0904. The lowest BCUT2D eigenvalue weighted by atomic mass is 10.1. The first kappa shape index (κ1) is 21.5. The van der Waals surface area contributed by atoms with E-state index in [0.717, 1.165) is 48.9 Å². The summed E-state index contributed by atoms with van der Waals surface area (Å²) in [5.41, 5.74) is 2.09. The zero-order valence-electron chi connectivity index (χ0n) is 17.9. The zero-order chi connectivity index (χ0) is 21.2. The van der Waals surface area contributed by atoms with Gasteiger partial charge in [0.05, 0.1) is 0 Å². The van der Waals surface area contributed by atoms with E-state index in [2.05, 4.69) is 30.8 Å². The Labute approximate surface area is 178 Å². The molecule has 158 valence electrons. The largest absolute Gasteiger partial charge is 0.381 e. The molecule has 4 rings (SSSR count). The average Bonchev–Trinajstić information content (AvgIpc) is 3.19. The molecule has 2 aromatic heterocycles. The Balaban J connectivity index is 0.00000124. The van der Waals surface area contributed by atoms with Crippen LogP contribution in [0, 0.1) is 6.92 Å². The van der Waals surface area contributed by atoms with Gasteiger partial charge in [-0.25, -0.2) is 9.97 Å². The van der Waals surface area contributed by atoms with Crippen molar-refractivity contribution in [1.29, 1.82) is 0 Å². The van der Waals surface area contributed by atoms with Crippen molar-refractivity contribution in [3.63, 3.8) is 0 Å². The molecule has 0 bridgehead atoms. The van der Waals surface area contributed by atoms with Crippen LogP contribution in [0.4, 0.5) is 17.5 Å². The number of nitrogens with one attached hydrogen (secondary N) is 3. The number of H-pyrrole nitrogens is 1. The highest BCUT2D eigenvalue weighted by atomic mass is 16.5. The fourth-order valence-electron chi connectivity index (χ4n) is 3.08. The highest BCUT2D eigenvalue weighted by Crippen LogP contribution is 2.20. The lowest BCUT2D eigenvalue weighted by Crippen LogP contribution is -2.28. The van der Waals surface area contributed by atoms with Gasteiger partial charge < -0.3 is 15.4 Å². The second-order valence-electron chi connectivity index (χ2n) is 6.83. The van der Waals surface area contributed by atoms with Crippen molar-refractivity contribution >= 4 is 29.6 Å². The van der Waals surface area contributed by atoms with Crippen LogP contribution in [0.25, 0.3) is 12.2 Å². The molecule has 1 aliphatic rings. The van der Waals surface area contributed by atoms with Crippen LogP contribution in [0.3, 0.4) is 0 Å². The van der Waals surface area contributed by atoms with Gasteiger partial charge in [-0.3, -0.25) is 5.10 Å². The predicted octanol–water partition coefficient (Wildman–Crippen LogP) is 5.04. The van der Waals surface area contributed by atoms with E-state index in [1.807, 2.05) is 75.4 Å². The van der Waals surface area contributed by atoms with Gasteiger partial charge in [0.2, 0.25) is 0 Å². The van der Waals surface area contributed by atoms with Crippen molar-refractivity contribution in [3.05, 3.63) is 59.5 Å². The molecule has 1 fully saturated rings. The second-order valence-corrected chi connectivity index (χ2v) is 6.83. The van der Waals surface area contributed by atoms with Gasteiger partial charge >= 0.3 is 0 Å². The Kier molecular flexibility index (Phi) is 7.97. The quantitative estimate of drug-likeness (QED) is 0.532. The molecule has 1 aromatic carbocycles. The molecule has 0 spiro atoms. The van der Waals surface area contributed by atoms with Gasteiger partial charge in [0, 0.05) is 37.1 Å². The minimum Gasteiger partial charge on any atom is -0.381 e. The molecule has 0 saturated carbocycles. The van der Waals surface area contributed by atoms with Crippen molar-refractivity contribution in [2.75, 3.05) is 23.8 Å². The Hall–Kier alpha value is -3.19. The fraction of sp³-hybridized carbons (Fsp3) is 0.348. The van der Waals surface area contributed by atoms with Crippen LogP contribution >= 0.6 is 0 Å². The van der Waals surface area contributed by atoms with Gasteiger partial charge in [-0.05, 0) is 31.4 Å². The Morgan fingerprint density at radius 1 is 0.967 bits per heavy atom. The number of aryl methyl sites for hydroxylation is 1. The minimum absolute atomic E-state index is 0.357. The maximum absolute atomic E-state index is 5.45. The number of aromatic nitrogens is 4. The smallest absolute Gasteiger partial charge is 0.156 e. The summed E-state index contributed by atoms with van der Waals surface area (Å²) < 4.78 is 5.45. The van der Waals surface area contributed by atoms with E-state index < -0.39 is 0 Å². The molecule has 3 aromatic rings. The van der Waals surface area contributed by atoms with E-state index in [4.69, 9.17) is 4.74 Å². The molecule has 0 aliphatic carbocycles. The third kappa shape index (κ3) is 6.42. The molecule has 0 atom stereocenters. The van der Waals surface area contributed by atoms with Crippen LogP contribution < -0.4 is 10.6 Å². The number of ether oxygens (including phenoxy) is 1. The van der Waals surface area contributed by atoms with E-state index in [9.17, 15) is 0 Å². The van der Waals surface area contributed by atoms with Crippen molar-refractivity contribution in [2.45, 2.75) is 39.7 Å². The first-order chi connectivity index (χ1) is 14.7. The summed E-state index contributed by atoms with van der Waals surface area (Å²) in [4.78, 5) is 9.29. The van der Waals surface area contributed by atoms with Crippen molar-refractivity contribution in [1.82, 2.24) is 20.2 Å². The topological polar surface area (TPSA) is 87.8 Å².